The van der Waals surface area contributed by atoms with Crippen molar-refractivity contribution in [3.63, 3.8) is 0 Å². The molecule has 0 saturated heterocycles. The summed E-state index contributed by atoms with van der Waals surface area (Å²) in [6.45, 7) is 4.91. The van der Waals surface area contributed by atoms with Gasteiger partial charge in [-0.3, -0.25) is 4.90 Å². The summed E-state index contributed by atoms with van der Waals surface area (Å²) in [4.78, 5) is 2.32. The summed E-state index contributed by atoms with van der Waals surface area (Å²) < 4.78 is 5.65. The summed E-state index contributed by atoms with van der Waals surface area (Å²) >= 11 is 0. The van der Waals surface area contributed by atoms with Gasteiger partial charge < -0.3 is 9.73 Å². The fraction of sp³-hybridized carbons (Fsp3) is 0.412. The number of fused-ring (bicyclic) bond motifs is 1. The van der Waals surface area contributed by atoms with E-state index in [0.717, 1.165) is 37.6 Å². The number of nitrogens with zero attached hydrogens (tertiary/aromatic N) is 1. The third kappa shape index (κ3) is 2.94. The fourth-order valence-corrected chi connectivity index (χ4v) is 2.97. The first-order chi connectivity index (χ1) is 9.72. The van der Waals surface area contributed by atoms with Crippen molar-refractivity contribution in [1.82, 2.24) is 10.2 Å². The van der Waals surface area contributed by atoms with Crippen molar-refractivity contribution in [3.8, 4) is 0 Å². The summed E-state index contributed by atoms with van der Waals surface area (Å²) in [5, 5.41) is 3.62. The van der Waals surface area contributed by atoms with Crippen molar-refractivity contribution < 1.29 is 4.42 Å². The van der Waals surface area contributed by atoms with E-state index in [1.54, 1.807) is 0 Å². The number of hydrogen-bond acceptors (Lipinski definition) is 3. The minimum absolute atomic E-state index is 0.418. The van der Waals surface area contributed by atoms with Crippen LogP contribution in [0.25, 0.3) is 0 Å². The molecule has 0 saturated carbocycles. The van der Waals surface area contributed by atoms with E-state index in [0.29, 0.717) is 6.04 Å². The highest BCUT2D eigenvalue weighted by atomic mass is 16.3. The molecule has 1 atom stereocenters. The lowest BCUT2D eigenvalue weighted by molar-refractivity contribution is 0.256. The molecule has 0 amide bonds. The van der Waals surface area contributed by atoms with Crippen LogP contribution in [-0.2, 0) is 13.0 Å². The number of aryl methyl sites for hydroxylation is 1. The average Bonchev–Trinajstić information content (AvgIpc) is 2.84. The van der Waals surface area contributed by atoms with Crippen LogP contribution in [-0.4, -0.2) is 25.0 Å². The second-order valence-electron chi connectivity index (χ2n) is 5.66. The Bertz CT molecular complexity index is 576. The highest BCUT2D eigenvalue weighted by Crippen LogP contribution is 2.23. The predicted molar refractivity (Wildman–Crippen MR) is 80.7 cm³/mol. The van der Waals surface area contributed by atoms with Gasteiger partial charge in [0.2, 0.25) is 0 Å². The molecule has 1 aromatic carbocycles. The van der Waals surface area contributed by atoms with E-state index in [2.05, 4.69) is 47.6 Å². The van der Waals surface area contributed by atoms with E-state index in [9.17, 15) is 0 Å². The maximum absolute atomic E-state index is 5.65. The zero-order valence-electron chi connectivity index (χ0n) is 12.2. The lowest BCUT2D eigenvalue weighted by Crippen LogP contribution is -2.37. The van der Waals surface area contributed by atoms with Gasteiger partial charge in [0.25, 0.3) is 0 Å². The van der Waals surface area contributed by atoms with E-state index >= 15 is 0 Å². The molecule has 0 spiro atoms. The van der Waals surface area contributed by atoms with Gasteiger partial charge in [-0.25, -0.2) is 0 Å². The highest BCUT2D eigenvalue weighted by molar-refractivity contribution is 5.32. The SMILES string of the molecule is Cc1ccc(CN(C)CC2NCCc3ccccc32)o1. The number of hydrogen-bond donors (Lipinski definition) is 1. The van der Waals surface area contributed by atoms with Crippen LogP contribution in [0, 0.1) is 6.92 Å². The minimum atomic E-state index is 0.418. The molecule has 3 rings (SSSR count). The maximum atomic E-state index is 5.65. The molecule has 20 heavy (non-hydrogen) atoms. The van der Waals surface area contributed by atoms with Crippen LogP contribution < -0.4 is 5.32 Å². The first-order valence-electron chi connectivity index (χ1n) is 7.27. The van der Waals surface area contributed by atoms with E-state index in [1.165, 1.54) is 11.1 Å². The third-order valence-corrected chi connectivity index (χ3v) is 3.93. The van der Waals surface area contributed by atoms with Crippen LogP contribution in [0.1, 0.15) is 28.7 Å². The quantitative estimate of drug-likeness (QED) is 0.926. The van der Waals surface area contributed by atoms with Gasteiger partial charge in [0.1, 0.15) is 11.5 Å². The molecule has 106 valence electrons. The van der Waals surface area contributed by atoms with E-state index in [-0.39, 0.29) is 0 Å². The van der Waals surface area contributed by atoms with Crippen LogP contribution >= 0.6 is 0 Å². The van der Waals surface area contributed by atoms with Crippen LogP contribution in [0.3, 0.4) is 0 Å². The second-order valence-corrected chi connectivity index (χ2v) is 5.66. The number of rotatable bonds is 4. The van der Waals surface area contributed by atoms with E-state index < -0.39 is 0 Å². The Balaban J connectivity index is 1.66. The molecular formula is C17H22N2O. The van der Waals surface area contributed by atoms with Crippen molar-refractivity contribution in [2.45, 2.75) is 25.9 Å². The Morgan fingerprint density at radius 1 is 1.25 bits per heavy atom. The summed E-state index contributed by atoms with van der Waals surface area (Å²) in [7, 11) is 2.15. The van der Waals surface area contributed by atoms with Gasteiger partial charge in [-0.15, -0.1) is 0 Å². The van der Waals surface area contributed by atoms with Crippen LogP contribution in [0.2, 0.25) is 0 Å². The third-order valence-electron chi connectivity index (χ3n) is 3.93. The first-order valence-corrected chi connectivity index (χ1v) is 7.27. The van der Waals surface area contributed by atoms with Gasteiger partial charge in [0.05, 0.1) is 6.54 Å². The first kappa shape index (κ1) is 13.4. The molecule has 3 heteroatoms. The molecule has 0 radical (unpaired) electrons. The number of likely N-dealkylation sites (N-methyl/N-ethyl adjacent to an activating group) is 1. The molecule has 3 nitrogen and oxygen atoms in total. The monoisotopic (exact) mass is 270 g/mol. The topological polar surface area (TPSA) is 28.4 Å². The average molecular weight is 270 g/mol. The van der Waals surface area contributed by atoms with Crippen molar-refractivity contribution in [1.29, 1.82) is 0 Å². The van der Waals surface area contributed by atoms with Gasteiger partial charge >= 0.3 is 0 Å². The number of benzene rings is 1. The minimum Gasteiger partial charge on any atom is -0.465 e. The molecule has 0 bridgehead atoms. The van der Waals surface area contributed by atoms with Crippen LogP contribution in [0.15, 0.2) is 40.8 Å². The molecule has 1 N–H and O–H groups in total. The standard InChI is InChI=1S/C17H22N2O/c1-13-7-8-15(20-13)11-19(2)12-17-16-6-4-3-5-14(16)9-10-18-17/h3-8,17-18H,9-12H2,1-2H3. The predicted octanol–water partition coefficient (Wildman–Crippen LogP) is 2.91. The molecule has 1 aliphatic rings. The molecule has 2 heterocycles. The highest BCUT2D eigenvalue weighted by Gasteiger charge is 2.20. The lowest BCUT2D eigenvalue weighted by Gasteiger charge is -2.30. The second kappa shape index (κ2) is 5.81. The number of nitrogens with one attached hydrogen (secondary N) is 1. The molecule has 0 aliphatic carbocycles. The van der Waals surface area contributed by atoms with Gasteiger partial charge in [0.15, 0.2) is 0 Å². The van der Waals surface area contributed by atoms with Crippen LogP contribution in [0.5, 0.6) is 0 Å². The van der Waals surface area contributed by atoms with Gasteiger partial charge in [-0.2, -0.15) is 0 Å². The van der Waals surface area contributed by atoms with Crippen molar-refractivity contribution in [3.05, 3.63) is 59.0 Å². The summed E-state index contributed by atoms with van der Waals surface area (Å²) in [5.74, 6) is 2.02. The maximum Gasteiger partial charge on any atom is 0.118 e. The molecule has 0 fully saturated rings. The van der Waals surface area contributed by atoms with Crippen molar-refractivity contribution in [2.24, 2.45) is 0 Å². The van der Waals surface area contributed by atoms with Crippen molar-refractivity contribution >= 4 is 0 Å². The van der Waals surface area contributed by atoms with E-state index in [4.69, 9.17) is 4.42 Å². The largest absolute Gasteiger partial charge is 0.465 e. The Kier molecular flexibility index (Phi) is 3.90. The summed E-state index contributed by atoms with van der Waals surface area (Å²) in [6.07, 6.45) is 1.13. The lowest BCUT2D eigenvalue weighted by atomic mass is 9.94. The smallest absolute Gasteiger partial charge is 0.118 e. The Morgan fingerprint density at radius 3 is 2.90 bits per heavy atom. The van der Waals surface area contributed by atoms with Crippen LogP contribution in [0.4, 0.5) is 0 Å². The Morgan fingerprint density at radius 2 is 2.10 bits per heavy atom. The zero-order valence-corrected chi connectivity index (χ0v) is 12.2. The molecule has 1 aliphatic heterocycles. The normalized spacial score (nSPS) is 18.2. The Labute approximate surface area is 120 Å². The fourth-order valence-electron chi connectivity index (χ4n) is 2.97. The number of furan rings is 1. The van der Waals surface area contributed by atoms with Crippen molar-refractivity contribution in [2.75, 3.05) is 20.1 Å². The van der Waals surface area contributed by atoms with Gasteiger partial charge in [-0.05, 0) is 50.2 Å². The molecule has 1 aromatic heterocycles. The van der Waals surface area contributed by atoms with E-state index in [1.807, 2.05) is 13.0 Å². The van der Waals surface area contributed by atoms with Gasteiger partial charge in [-0.1, -0.05) is 24.3 Å². The summed E-state index contributed by atoms with van der Waals surface area (Å²) in [6, 6.07) is 13.3. The summed E-state index contributed by atoms with van der Waals surface area (Å²) in [5.41, 5.74) is 2.93. The molecule has 1 unspecified atom stereocenters. The molecular weight excluding hydrogens is 248 g/mol. The Hall–Kier alpha value is -1.58. The molecule has 2 aromatic rings. The van der Waals surface area contributed by atoms with Gasteiger partial charge in [0, 0.05) is 12.6 Å². The zero-order chi connectivity index (χ0) is 13.9.